The zero-order valence-electron chi connectivity index (χ0n) is 15.3. The van der Waals surface area contributed by atoms with Gasteiger partial charge in [-0.3, -0.25) is 0 Å². The first-order valence-electron chi connectivity index (χ1n) is 8.31. The van der Waals surface area contributed by atoms with Crippen LogP contribution < -0.4 is 18.9 Å². The van der Waals surface area contributed by atoms with Crippen molar-refractivity contribution >= 4 is 10.0 Å². The first-order chi connectivity index (χ1) is 12.4. The highest BCUT2D eigenvalue weighted by Crippen LogP contribution is 2.40. The fraction of sp³-hybridized carbons (Fsp3) is 0.368. The number of sulfonamides is 1. The highest BCUT2D eigenvalue weighted by molar-refractivity contribution is 7.89. The molecule has 1 aliphatic rings. The van der Waals surface area contributed by atoms with Crippen molar-refractivity contribution in [1.82, 2.24) is 4.72 Å². The predicted octanol–water partition coefficient (Wildman–Crippen LogP) is 2.99. The van der Waals surface area contributed by atoms with E-state index < -0.39 is 10.0 Å². The normalized spacial score (nSPS) is 16.2. The predicted molar refractivity (Wildman–Crippen MR) is 98.7 cm³/mol. The van der Waals surface area contributed by atoms with Gasteiger partial charge in [-0.05, 0) is 60.7 Å². The Hall–Kier alpha value is -2.25. The Balaban J connectivity index is 1.95. The van der Waals surface area contributed by atoms with Crippen molar-refractivity contribution in [1.29, 1.82) is 0 Å². The lowest BCUT2D eigenvalue weighted by Crippen LogP contribution is -2.27. The summed E-state index contributed by atoms with van der Waals surface area (Å²) in [4.78, 5) is 0.147. The fourth-order valence-corrected chi connectivity index (χ4v) is 4.80. The Labute approximate surface area is 154 Å². The summed E-state index contributed by atoms with van der Waals surface area (Å²) in [6.45, 7) is 1.85. The van der Waals surface area contributed by atoms with E-state index in [0.717, 1.165) is 23.1 Å². The highest BCUT2D eigenvalue weighted by atomic mass is 32.2. The van der Waals surface area contributed by atoms with Crippen LogP contribution in [0.15, 0.2) is 35.2 Å². The Morgan fingerprint density at radius 2 is 1.62 bits per heavy atom. The molecule has 0 amide bonds. The molecule has 0 radical (unpaired) electrons. The summed E-state index contributed by atoms with van der Waals surface area (Å²) in [5, 5.41) is 0. The summed E-state index contributed by atoms with van der Waals surface area (Å²) in [5.41, 5.74) is 2.83. The Morgan fingerprint density at radius 1 is 0.962 bits per heavy atom. The molecule has 7 heteroatoms. The monoisotopic (exact) mass is 377 g/mol. The van der Waals surface area contributed by atoms with Gasteiger partial charge >= 0.3 is 0 Å². The summed E-state index contributed by atoms with van der Waals surface area (Å²) in [7, 11) is 0.882. The van der Waals surface area contributed by atoms with Crippen molar-refractivity contribution in [2.24, 2.45) is 0 Å². The molecule has 6 nitrogen and oxygen atoms in total. The molecule has 2 aromatic carbocycles. The molecule has 1 aliphatic carbocycles. The topological polar surface area (TPSA) is 73.9 Å². The van der Waals surface area contributed by atoms with Crippen molar-refractivity contribution in [3.05, 3.63) is 47.0 Å². The van der Waals surface area contributed by atoms with E-state index in [4.69, 9.17) is 14.2 Å². The zero-order valence-corrected chi connectivity index (χ0v) is 16.1. The molecule has 0 aromatic heterocycles. The molecule has 1 N–H and O–H groups in total. The van der Waals surface area contributed by atoms with Gasteiger partial charge in [-0.15, -0.1) is 0 Å². The number of nitrogens with one attached hydrogen (secondary N) is 1. The molecule has 0 bridgehead atoms. The van der Waals surface area contributed by atoms with Crippen LogP contribution in [-0.2, 0) is 16.4 Å². The van der Waals surface area contributed by atoms with Crippen molar-refractivity contribution in [2.75, 3.05) is 21.3 Å². The number of aryl methyl sites for hydroxylation is 2. The molecule has 0 saturated carbocycles. The molecule has 26 heavy (non-hydrogen) atoms. The van der Waals surface area contributed by atoms with Crippen LogP contribution in [0, 0.1) is 6.92 Å². The Kier molecular flexibility index (Phi) is 5.11. The summed E-state index contributed by atoms with van der Waals surface area (Å²) in [6, 6.07) is 8.55. The molecule has 0 spiro atoms. The number of methoxy groups -OCH3 is 3. The lowest BCUT2D eigenvalue weighted by Gasteiger charge is -2.18. The lowest BCUT2D eigenvalue weighted by atomic mass is 10.1. The molecule has 0 saturated heterocycles. The lowest BCUT2D eigenvalue weighted by molar-refractivity contribution is 0.354. The number of fused-ring (bicyclic) bond motifs is 1. The quantitative estimate of drug-likeness (QED) is 0.838. The second-order valence-corrected chi connectivity index (χ2v) is 7.96. The van der Waals surface area contributed by atoms with Crippen molar-refractivity contribution in [3.63, 3.8) is 0 Å². The molecule has 1 atom stereocenters. The van der Waals surface area contributed by atoms with Crippen LogP contribution in [0.2, 0.25) is 0 Å². The molecule has 0 fully saturated rings. The van der Waals surface area contributed by atoms with Crippen LogP contribution in [0.25, 0.3) is 0 Å². The Morgan fingerprint density at radius 3 is 2.27 bits per heavy atom. The van der Waals surface area contributed by atoms with Gasteiger partial charge in [-0.1, -0.05) is 6.07 Å². The number of benzene rings is 2. The van der Waals surface area contributed by atoms with Gasteiger partial charge in [0.25, 0.3) is 0 Å². The van der Waals surface area contributed by atoms with Gasteiger partial charge in [-0.25, -0.2) is 13.1 Å². The number of hydrogen-bond acceptors (Lipinski definition) is 5. The summed E-state index contributed by atoms with van der Waals surface area (Å²) in [6.07, 6.45) is 1.45. The van der Waals surface area contributed by atoms with E-state index in [9.17, 15) is 8.42 Å². The number of ether oxygens (including phenoxy) is 3. The van der Waals surface area contributed by atoms with Gasteiger partial charge in [0.15, 0.2) is 11.5 Å². The van der Waals surface area contributed by atoms with Crippen LogP contribution >= 0.6 is 0 Å². The minimum absolute atomic E-state index is 0.147. The average Bonchev–Trinajstić information content (AvgIpc) is 3.01. The van der Waals surface area contributed by atoms with Crippen LogP contribution in [-0.4, -0.2) is 29.7 Å². The second kappa shape index (κ2) is 7.17. The van der Waals surface area contributed by atoms with E-state index in [2.05, 4.69) is 4.72 Å². The zero-order chi connectivity index (χ0) is 18.9. The third kappa shape index (κ3) is 3.37. The smallest absolute Gasteiger partial charge is 0.244 e. The molecule has 0 heterocycles. The maximum atomic E-state index is 13.0. The van der Waals surface area contributed by atoms with Crippen LogP contribution in [0.3, 0.4) is 0 Å². The van der Waals surface area contributed by atoms with Gasteiger partial charge in [0.2, 0.25) is 10.0 Å². The first-order valence-corrected chi connectivity index (χ1v) is 9.79. The SMILES string of the molecule is COc1cc2c(cc1OC)C(NS(=O)(=O)c1cc(C)ccc1OC)CC2. The van der Waals surface area contributed by atoms with E-state index in [1.807, 2.05) is 25.1 Å². The standard InChI is InChI=1S/C19H23NO5S/c1-12-5-8-16(23-2)19(9-12)26(21,22)20-15-7-6-13-10-17(24-3)18(25-4)11-14(13)15/h5,8-11,15,20H,6-7H2,1-4H3. The third-order valence-electron chi connectivity index (χ3n) is 4.63. The average molecular weight is 377 g/mol. The summed E-state index contributed by atoms with van der Waals surface area (Å²) < 4.78 is 44.7. The van der Waals surface area contributed by atoms with Crippen molar-refractivity contribution in [2.45, 2.75) is 30.7 Å². The van der Waals surface area contributed by atoms with Crippen molar-refractivity contribution < 1.29 is 22.6 Å². The molecular weight excluding hydrogens is 354 g/mol. The highest BCUT2D eigenvalue weighted by Gasteiger charge is 2.30. The second-order valence-electron chi connectivity index (χ2n) is 6.27. The van der Waals surface area contributed by atoms with E-state index in [0.29, 0.717) is 23.7 Å². The van der Waals surface area contributed by atoms with E-state index >= 15 is 0 Å². The van der Waals surface area contributed by atoms with Gasteiger partial charge in [0, 0.05) is 6.04 Å². The van der Waals surface area contributed by atoms with Crippen LogP contribution in [0.4, 0.5) is 0 Å². The van der Waals surface area contributed by atoms with Gasteiger partial charge < -0.3 is 14.2 Å². The minimum Gasteiger partial charge on any atom is -0.495 e. The summed E-state index contributed by atoms with van der Waals surface area (Å²) >= 11 is 0. The molecule has 1 unspecified atom stereocenters. The summed E-state index contributed by atoms with van der Waals surface area (Å²) in [5.74, 6) is 1.56. The van der Waals surface area contributed by atoms with Gasteiger partial charge in [0.1, 0.15) is 10.6 Å². The number of hydrogen-bond donors (Lipinski definition) is 1. The third-order valence-corrected chi connectivity index (χ3v) is 6.12. The maximum absolute atomic E-state index is 13.0. The molecule has 2 aromatic rings. The van der Waals surface area contributed by atoms with Crippen LogP contribution in [0.1, 0.15) is 29.2 Å². The Bertz CT molecular complexity index is 924. The van der Waals surface area contributed by atoms with E-state index in [1.165, 1.54) is 7.11 Å². The fourth-order valence-electron chi connectivity index (χ4n) is 3.30. The van der Waals surface area contributed by atoms with Gasteiger partial charge in [-0.2, -0.15) is 0 Å². The first kappa shape index (κ1) is 18.5. The van der Waals surface area contributed by atoms with E-state index in [1.54, 1.807) is 26.4 Å². The molecule has 140 valence electrons. The molecule has 3 rings (SSSR count). The van der Waals surface area contributed by atoms with E-state index in [-0.39, 0.29) is 10.9 Å². The maximum Gasteiger partial charge on any atom is 0.244 e. The van der Waals surface area contributed by atoms with Gasteiger partial charge in [0.05, 0.1) is 21.3 Å². The van der Waals surface area contributed by atoms with Crippen molar-refractivity contribution in [3.8, 4) is 17.2 Å². The largest absolute Gasteiger partial charge is 0.495 e. The number of rotatable bonds is 6. The molecular formula is C19H23NO5S. The minimum atomic E-state index is -3.73. The molecule has 0 aliphatic heterocycles. The van der Waals surface area contributed by atoms with Crippen LogP contribution in [0.5, 0.6) is 17.2 Å².